The molecule has 0 atom stereocenters. The fourth-order valence-corrected chi connectivity index (χ4v) is 2.36. The van der Waals surface area contributed by atoms with Crippen LogP contribution in [0, 0.1) is 0 Å². The summed E-state index contributed by atoms with van der Waals surface area (Å²) in [6.07, 6.45) is 1.22. The Morgan fingerprint density at radius 2 is 2.16 bits per heavy atom. The number of benzene rings is 1. The van der Waals surface area contributed by atoms with E-state index in [0.717, 1.165) is 31.6 Å². The van der Waals surface area contributed by atoms with Gasteiger partial charge in [0, 0.05) is 25.3 Å². The summed E-state index contributed by atoms with van der Waals surface area (Å²) in [5.41, 5.74) is 7.98. The Morgan fingerprint density at radius 1 is 1.47 bits per heavy atom. The van der Waals surface area contributed by atoms with E-state index in [-0.39, 0.29) is 12.0 Å². The van der Waals surface area contributed by atoms with E-state index in [1.54, 1.807) is 12.1 Å². The summed E-state index contributed by atoms with van der Waals surface area (Å²) < 4.78 is 0. The van der Waals surface area contributed by atoms with Crippen LogP contribution in [0.15, 0.2) is 18.2 Å². The molecule has 1 aromatic rings. The molecule has 1 amide bonds. The van der Waals surface area contributed by atoms with Gasteiger partial charge in [-0.3, -0.25) is 4.79 Å². The van der Waals surface area contributed by atoms with E-state index in [1.165, 1.54) is 0 Å². The van der Waals surface area contributed by atoms with Crippen molar-refractivity contribution in [3.63, 3.8) is 0 Å². The molecule has 0 spiro atoms. The minimum absolute atomic E-state index is 0.0800. The Morgan fingerprint density at radius 3 is 2.79 bits per heavy atom. The van der Waals surface area contributed by atoms with Crippen molar-refractivity contribution < 1.29 is 9.90 Å². The van der Waals surface area contributed by atoms with Crippen molar-refractivity contribution in [2.45, 2.75) is 25.9 Å². The maximum atomic E-state index is 12.1. The molecule has 0 unspecified atom stereocenters. The number of aliphatic hydroxyl groups is 1. The second kappa shape index (κ2) is 5.93. The van der Waals surface area contributed by atoms with Crippen LogP contribution in [0.1, 0.15) is 30.1 Å². The van der Waals surface area contributed by atoms with Gasteiger partial charge in [-0.1, -0.05) is 0 Å². The van der Waals surface area contributed by atoms with E-state index in [4.69, 9.17) is 5.73 Å². The van der Waals surface area contributed by atoms with Crippen molar-refractivity contribution in [2.24, 2.45) is 0 Å². The SMILES string of the molecule is CCNC(=O)c1ccc(N)cc1N1CCC(O)CC1. The van der Waals surface area contributed by atoms with Crippen LogP contribution in [-0.4, -0.2) is 36.8 Å². The van der Waals surface area contributed by atoms with Gasteiger partial charge in [-0.05, 0) is 38.0 Å². The van der Waals surface area contributed by atoms with Gasteiger partial charge in [0.15, 0.2) is 0 Å². The molecule has 104 valence electrons. The van der Waals surface area contributed by atoms with Crippen molar-refractivity contribution >= 4 is 17.3 Å². The smallest absolute Gasteiger partial charge is 0.253 e. The second-order valence-corrected chi connectivity index (χ2v) is 4.85. The van der Waals surface area contributed by atoms with Crippen LogP contribution in [0.4, 0.5) is 11.4 Å². The third-order valence-corrected chi connectivity index (χ3v) is 3.41. The molecular weight excluding hydrogens is 242 g/mol. The lowest BCUT2D eigenvalue weighted by Crippen LogP contribution is -2.37. The summed E-state index contributed by atoms with van der Waals surface area (Å²) in [7, 11) is 0. The lowest BCUT2D eigenvalue weighted by molar-refractivity contribution is 0.0956. The van der Waals surface area contributed by atoms with Crippen molar-refractivity contribution in [1.82, 2.24) is 5.32 Å². The van der Waals surface area contributed by atoms with Crippen LogP contribution in [0.3, 0.4) is 0 Å². The number of piperidine rings is 1. The molecule has 2 rings (SSSR count). The Labute approximate surface area is 113 Å². The van der Waals surface area contributed by atoms with Crippen molar-refractivity contribution in [1.29, 1.82) is 0 Å². The second-order valence-electron chi connectivity index (χ2n) is 4.85. The molecule has 4 N–H and O–H groups in total. The third-order valence-electron chi connectivity index (χ3n) is 3.41. The predicted molar refractivity (Wildman–Crippen MR) is 76.3 cm³/mol. The van der Waals surface area contributed by atoms with Crippen molar-refractivity contribution in [2.75, 3.05) is 30.3 Å². The number of nitrogen functional groups attached to an aromatic ring is 1. The molecule has 0 aliphatic carbocycles. The van der Waals surface area contributed by atoms with E-state index in [1.807, 2.05) is 13.0 Å². The summed E-state index contributed by atoms with van der Waals surface area (Å²) in [6.45, 7) is 3.99. The number of carbonyl (C=O) groups excluding carboxylic acids is 1. The number of nitrogens with one attached hydrogen (secondary N) is 1. The summed E-state index contributed by atoms with van der Waals surface area (Å²) in [5.74, 6) is -0.0800. The summed E-state index contributed by atoms with van der Waals surface area (Å²) >= 11 is 0. The molecule has 19 heavy (non-hydrogen) atoms. The highest BCUT2D eigenvalue weighted by Crippen LogP contribution is 2.26. The molecule has 1 saturated heterocycles. The van der Waals surface area contributed by atoms with Crippen LogP contribution in [0.25, 0.3) is 0 Å². The Balaban J connectivity index is 2.27. The number of hydrogen-bond donors (Lipinski definition) is 3. The first-order valence-electron chi connectivity index (χ1n) is 6.72. The first-order valence-corrected chi connectivity index (χ1v) is 6.72. The maximum absolute atomic E-state index is 12.1. The lowest BCUT2D eigenvalue weighted by atomic mass is 10.0. The molecular formula is C14H21N3O2. The number of rotatable bonds is 3. The summed E-state index contributed by atoms with van der Waals surface area (Å²) in [4.78, 5) is 14.2. The fraction of sp³-hybridized carbons (Fsp3) is 0.500. The number of carbonyl (C=O) groups is 1. The van der Waals surface area contributed by atoms with Gasteiger partial charge < -0.3 is 21.1 Å². The molecule has 0 radical (unpaired) electrons. The first kappa shape index (κ1) is 13.7. The predicted octanol–water partition coefficient (Wildman–Crippen LogP) is 0.980. The van der Waals surface area contributed by atoms with E-state index in [2.05, 4.69) is 10.2 Å². The molecule has 0 saturated carbocycles. The number of hydrogen-bond acceptors (Lipinski definition) is 4. The molecule has 1 aliphatic rings. The Bertz CT molecular complexity index is 454. The van der Waals surface area contributed by atoms with E-state index in [9.17, 15) is 9.90 Å². The highest BCUT2D eigenvalue weighted by atomic mass is 16.3. The zero-order valence-electron chi connectivity index (χ0n) is 11.2. The van der Waals surface area contributed by atoms with Gasteiger partial charge >= 0.3 is 0 Å². The van der Waals surface area contributed by atoms with Crippen LogP contribution < -0.4 is 16.0 Å². The van der Waals surface area contributed by atoms with Gasteiger partial charge in [0.1, 0.15) is 0 Å². The van der Waals surface area contributed by atoms with Gasteiger partial charge in [0.2, 0.25) is 0 Å². The van der Waals surface area contributed by atoms with E-state index < -0.39 is 0 Å². The van der Waals surface area contributed by atoms with Crippen LogP contribution in [0.5, 0.6) is 0 Å². The van der Waals surface area contributed by atoms with Crippen LogP contribution >= 0.6 is 0 Å². The van der Waals surface area contributed by atoms with Gasteiger partial charge in [-0.15, -0.1) is 0 Å². The monoisotopic (exact) mass is 263 g/mol. The first-order chi connectivity index (χ1) is 9.11. The normalized spacial score (nSPS) is 16.4. The van der Waals surface area contributed by atoms with Crippen molar-refractivity contribution in [3.05, 3.63) is 23.8 Å². The van der Waals surface area contributed by atoms with Crippen molar-refractivity contribution in [3.8, 4) is 0 Å². The minimum atomic E-state index is -0.231. The average Bonchev–Trinajstić information content (AvgIpc) is 2.39. The molecule has 1 heterocycles. The third kappa shape index (κ3) is 3.17. The quantitative estimate of drug-likeness (QED) is 0.710. The number of aliphatic hydroxyl groups excluding tert-OH is 1. The molecule has 0 bridgehead atoms. The van der Waals surface area contributed by atoms with Gasteiger partial charge in [0.25, 0.3) is 5.91 Å². The largest absolute Gasteiger partial charge is 0.399 e. The number of nitrogens with zero attached hydrogens (tertiary/aromatic N) is 1. The Kier molecular flexibility index (Phi) is 4.27. The lowest BCUT2D eigenvalue weighted by Gasteiger charge is -2.32. The van der Waals surface area contributed by atoms with Gasteiger partial charge in [-0.2, -0.15) is 0 Å². The van der Waals surface area contributed by atoms with Crippen LogP contribution in [-0.2, 0) is 0 Å². The highest BCUT2D eigenvalue weighted by molar-refractivity contribution is 6.00. The number of amides is 1. The molecule has 1 aromatic carbocycles. The molecule has 0 aromatic heterocycles. The summed E-state index contributed by atoms with van der Waals surface area (Å²) in [6, 6.07) is 5.34. The molecule has 5 nitrogen and oxygen atoms in total. The molecule has 5 heteroatoms. The molecule has 1 aliphatic heterocycles. The fourth-order valence-electron chi connectivity index (χ4n) is 2.36. The van der Waals surface area contributed by atoms with Gasteiger partial charge in [0.05, 0.1) is 17.4 Å². The average molecular weight is 263 g/mol. The molecule has 1 fully saturated rings. The van der Waals surface area contributed by atoms with Gasteiger partial charge in [-0.25, -0.2) is 0 Å². The highest BCUT2D eigenvalue weighted by Gasteiger charge is 2.21. The van der Waals surface area contributed by atoms with Crippen LogP contribution in [0.2, 0.25) is 0 Å². The maximum Gasteiger partial charge on any atom is 0.253 e. The minimum Gasteiger partial charge on any atom is -0.399 e. The zero-order valence-corrected chi connectivity index (χ0v) is 11.2. The topological polar surface area (TPSA) is 78.6 Å². The Hall–Kier alpha value is -1.75. The number of nitrogens with two attached hydrogens (primary N) is 1. The standard InChI is InChI=1S/C14H21N3O2/c1-2-16-14(19)12-4-3-10(15)9-13(12)17-7-5-11(18)6-8-17/h3-4,9,11,18H,2,5-8,15H2,1H3,(H,16,19). The number of anilines is 2. The van der Waals surface area contributed by atoms with E-state index in [0.29, 0.717) is 17.8 Å². The van der Waals surface area contributed by atoms with E-state index >= 15 is 0 Å². The zero-order chi connectivity index (χ0) is 13.8. The summed E-state index contributed by atoms with van der Waals surface area (Å²) in [5, 5.41) is 12.4.